The highest BCUT2D eigenvalue weighted by Gasteiger charge is 2.63. The fourth-order valence-corrected chi connectivity index (χ4v) is 13.7. The molecule has 29 N–H and O–H groups in total. The number of nitrogens with one attached hydrogen (secondary N) is 4. The lowest BCUT2D eigenvalue weighted by molar-refractivity contribution is -0.392. The zero-order valence-electron chi connectivity index (χ0n) is 57.5. The lowest BCUT2D eigenvalue weighted by Crippen LogP contribution is -2.71. The third-order valence-electron chi connectivity index (χ3n) is 19.3. The minimum absolute atomic E-state index is 0.828. The molecule has 0 saturated carbocycles. The molecule has 0 aromatic carbocycles. The van der Waals surface area contributed by atoms with Crippen LogP contribution in [0.25, 0.3) is 0 Å². The highest BCUT2D eigenvalue weighted by Crippen LogP contribution is 2.41. The van der Waals surface area contributed by atoms with Gasteiger partial charge in [0, 0.05) is 27.2 Å². The van der Waals surface area contributed by atoms with Crippen molar-refractivity contribution in [2.75, 3.05) is 59.5 Å². The minimum Gasteiger partial charge on any atom is -0.477 e. The van der Waals surface area contributed by atoms with Gasteiger partial charge >= 0.3 is 5.97 Å². The summed E-state index contributed by atoms with van der Waals surface area (Å²) in [5.41, 5.74) is 0. The molecule has 0 spiro atoms. The first-order valence-electron chi connectivity index (χ1n) is 33.9. The zero-order valence-corrected chi connectivity index (χ0v) is 57.5. The Hall–Kier alpha value is -4.21. The molecule has 0 radical (unpaired) electrons. The van der Waals surface area contributed by atoms with Gasteiger partial charge in [-0.25, -0.2) is 4.79 Å². The second kappa shape index (κ2) is 38.7. The zero-order chi connectivity index (χ0) is 80.0. The molecular formula is C59H98N4O45. The average Bonchev–Trinajstić information content (AvgIpc) is 0.757. The summed E-state index contributed by atoms with van der Waals surface area (Å²) in [7, 11) is 0. The summed E-state index contributed by atoms with van der Waals surface area (Å²) < 4.78 is 87.2. The lowest BCUT2D eigenvalue weighted by Gasteiger charge is -2.51. The highest BCUT2D eigenvalue weighted by molar-refractivity contribution is 5.78. The molecule has 0 aliphatic carbocycles. The Morgan fingerprint density at radius 1 is 0.398 bits per heavy atom. The van der Waals surface area contributed by atoms with Crippen molar-refractivity contribution >= 4 is 29.6 Å². The Labute approximate surface area is 609 Å². The summed E-state index contributed by atoms with van der Waals surface area (Å²) in [6.07, 6.45) is -78.1. The van der Waals surface area contributed by atoms with Gasteiger partial charge in [0.25, 0.3) is 5.79 Å². The van der Waals surface area contributed by atoms with E-state index in [0.717, 1.165) is 20.8 Å². The Morgan fingerprint density at radius 3 is 1.19 bits per heavy atom. The number of carboxylic acid groups (broad SMARTS) is 1. The Balaban J connectivity index is 1.09. The fraction of sp³-hybridized carbons (Fsp3) is 0.915. The number of carboxylic acids is 1. The van der Waals surface area contributed by atoms with Crippen LogP contribution in [0, 0.1) is 0 Å². The van der Waals surface area contributed by atoms with E-state index in [0.29, 0.717) is 0 Å². The minimum atomic E-state index is -3.35. The maximum absolute atomic E-state index is 13.2. The van der Waals surface area contributed by atoms with Crippen LogP contribution in [0.15, 0.2) is 0 Å². The molecule has 108 heavy (non-hydrogen) atoms. The second-order valence-electron chi connectivity index (χ2n) is 26.8. The molecule has 49 heteroatoms. The highest BCUT2D eigenvalue weighted by atomic mass is 16.8. The molecule has 624 valence electrons. The molecule has 0 aromatic rings. The van der Waals surface area contributed by atoms with Gasteiger partial charge in [0.15, 0.2) is 44.0 Å². The number of amides is 4. The monoisotopic (exact) mass is 1580 g/mol. The topological polar surface area (TPSA) is 778 Å². The first kappa shape index (κ1) is 89.3. The number of hydrogen-bond donors (Lipinski definition) is 29. The van der Waals surface area contributed by atoms with Crippen LogP contribution in [0.2, 0.25) is 0 Å². The fourth-order valence-electron chi connectivity index (χ4n) is 13.7. The number of aliphatic carboxylic acids is 1. The standard InChI is InChI=1S/C59H98N4O45/c1-14(72)60-28-36(83)32(79)19(6-65)96-52(28)94-13-25-35(82)49(42(89)56(101-25)102-44-23(10-69)99-53(29(37(44)84)61-15(2)73)105-48-33(80)20(7-66)97-55(41(48)88)104-46-22(9-68)95-51(91)40(87)39(46)86)106-54-30(62-16(3)74)38(85)45(24(11-70)100-54)103-57-43(90)50(34(81)21(8-67)98-57)108-59(58(92)93)4-17(75)27(63-26(77)12-71)47(107-59)31(78)18(76)5-64/h17-25,27-57,64-71,75-76,78-91H,4-13H2,1-3H3,(H,60,72)(H,61,73)(H,62,74)(H,63,77)(H,92,93)/t17-,18+,19+,20+,21+,22+,23+,24+,25+,27+,28+,29+,30+,31+,32+,33-,34-,35-,36+,37+,38+,39+,40+,41+,42+,43+,44+,45+,46+,47+,48-,49-,50-,51?,52+,53-,54-,55-,56-,57-,59-/m0/s1. The van der Waals surface area contributed by atoms with Crippen molar-refractivity contribution in [3.8, 4) is 0 Å². The Kier molecular flexibility index (Phi) is 32.1. The van der Waals surface area contributed by atoms with Crippen molar-refractivity contribution in [2.24, 2.45) is 0 Å². The molecule has 41 atom stereocenters. The molecule has 8 heterocycles. The van der Waals surface area contributed by atoms with Crippen LogP contribution >= 0.6 is 0 Å². The van der Waals surface area contributed by atoms with Crippen molar-refractivity contribution in [3.05, 3.63) is 0 Å². The van der Waals surface area contributed by atoms with Crippen LogP contribution in [0.5, 0.6) is 0 Å². The normalized spacial score (nSPS) is 46.5. The number of rotatable bonds is 30. The number of carbonyl (C=O) groups is 5. The third-order valence-corrected chi connectivity index (χ3v) is 19.3. The molecule has 8 rings (SSSR count). The Morgan fingerprint density at radius 2 is 0.769 bits per heavy atom. The summed E-state index contributed by atoms with van der Waals surface area (Å²) in [6.45, 7) is -7.45. The number of aliphatic hydroxyl groups is 24. The van der Waals surface area contributed by atoms with Crippen LogP contribution in [-0.4, -0.2) is 468 Å². The van der Waals surface area contributed by atoms with E-state index in [9.17, 15) is 152 Å². The van der Waals surface area contributed by atoms with Gasteiger partial charge in [-0.2, -0.15) is 0 Å². The lowest BCUT2D eigenvalue weighted by atomic mass is 9.88. The second-order valence-corrected chi connectivity index (χ2v) is 26.8. The van der Waals surface area contributed by atoms with Crippen LogP contribution < -0.4 is 21.3 Å². The van der Waals surface area contributed by atoms with Crippen LogP contribution in [0.1, 0.15) is 27.2 Å². The molecule has 1 unspecified atom stereocenters. The van der Waals surface area contributed by atoms with Gasteiger partial charge in [0.2, 0.25) is 23.6 Å². The smallest absolute Gasteiger partial charge is 0.364 e. The van der Waals surface area contributed by atoms with E-state index in [1.165, 1.54) is 0 Å². The first-order chi connectivity index (χ1) is 51.0. The molecule has 4 amide bonds. The first-order valence-corrected chi connectivity index (χ1v) is 33.9. The van der Waals surface area contributed by atoms with Gasteiger partial charge in [-0.15, -0.1) is 0 Å². The van der Waals surface area contributed by atoms with E-state index in [4.69, 9.17) is 71.1 Å². The van der Waals surface area contributed by atoms with E-state index in [1.54, 1.807) is 0 Å². The molecule has 0 aromatic heterocycles. The van der Waals surface area contributed by atoms with E-state index in [-0.39, 0.29) is 0 Å². The maximum Gasteiger partial charge on any atom is 0.364 e. The molecule has 8 aliphatic rings. The SMILES string of the molecule is CC(=O)N[C@H]1[C@H](O[C@H]2[C@@H](O)[C@@H](CO[C@@H]3O[C@H](CO)[C@@H](O)[C@H](O)[C@H]3NC(C)=O)O[C@@H](O[C@H]3[C@H](O)[C@@H](NC(C)=O)[C@H](O[C@H]4[C@@H](O)[C@@H](CO)O[C@@H](O[C@H]5[C@H](O)[C@@H](O)C(O)O[C@@H]5CO)[C@@H]4O)O[C@@H]3CO)[C@@H]2O)O[C@H](CO)[C@@H](O[C@@H]2O[C@H](CO)[C@H](O)[C@H](O[C@]3(C(=O)O)C[C@H](O)[C@@H](NC(=O)CO)[C@H]([C@H](O)[C@H](O)CO)O3)[C@H]2O)[C@@H]1O. The molecule has 8 saturated heterocycles. The maximum atomic E-state index is 13.2. The van der Waals surface area contributed by atoms with Gasteiger partial charge in [-0.3, -0.25) is 19.2 Å². The van der Waals surface area contributed by atoms with Crippen molar-refractivity contribution in [2.45, 2.75) is 278 Å². The number of aliphatic hydroxyl groups excluding tert-OH is 24. The summed E-state index contributed by atoms with van der Waals surface area (Å²) >= 11 is 0. The van der Waals surface area contributed by atoms with Crippen LogP contribution in [0.4, 0.5) is 0 Å². The van der Waals surface area contributed by atoms with Gasteiger partial charge < -0.3 is 220 Å². The molecular weight excluding hydrogens is 1480 g/mol. The van der Waals surface area contributed by atoms with E-state index < -0.39 is 346 Å². The van der Waals surface area contributed by atoms with E-state index >= 15 is 0 Å². The predicted molar refractivity (Wildman–Crippen MR) is 329 cm³/mol. The average molecular weight is 1580 g/mol. The number of hydrogen-bond acceptors (Lipinski definition) is 44. The summed E-state index contributed by atoms with van der Waals surface area (Å²) in [4.78, 5) is 64.0. The van der Waals surface area contributed by atoms with Gasteiger partial charge in [0.05, 0.1) is 65.0 Å². The molecule has 49 nitrogen and oxygen atoms in total. The predicted octanol–water partition coefficient (Wildman–Crippen LogP) is -19.7. The summed E-state index contributed by atoms with van der Waals surface area (Å²) in [6, 6.07) is -7.62. The van der Waals surface area contributed by atoms with Crippen molar-refractivity contribution < 1.29 is 223 Å². The van der Waals surface area contributed by atoms with Crippen LogP contribution in [-0.2, 0) is 95.0 Å². The van der Waals surface area contributed by atoms with Crippen molar-refractivity contribution in [3.63, 3.8) is 0 Å². The molecule has 8 fully saturated rings. The van der Waals surface area contributed by atoms with E-state index in [1.807, 2.05) is 0 Å². The number of carbonyl (C=O) groups excluding carboxylic acids is 4. The largest absolute Gasteiger partial charge is 0.477 e. The van der Waals surface area contributed by atoms with Crippen molar-refractivity contribution in [1.29, 1.82) is 0 Å². The third kappa shape index (κ3) is 19.6. The summed E-state index contributed by atoms with van der Waals surface area (Å²) in [5.74, 6) is -9.59. The van der Waals surface area contributed by atoms with Crippen LogP contribution in [0.3, 0.4) is 0 Å². The van der Waals surface area contributed by atoms with Crippen molar-refractivity contribution in [1.82, 2.24) is 21.3 Å². The molecule has 0 bridgehead atoms. The van der Waals surface area contributed by atoms with Gasteiger partial charge in [-0.1, -0.05) is 0 Å². The van der Waals surface area contributed by atoms with Gasteiger partial charge in [-0.05, 0) is 0 Å². The Bertz CT molecular complexity index is 2890. The summed E-state index contributed by atoms with van der Waals surface area (Å²) in [5, 5.41) is 283. The number of ether oxygens (including phenoxy) is 15. The van der Waals surface area contributed by atoms with E-state index in [2.05, 4.69) is 21.3 Å². The van der Waals surface area contributed by atoms with Gasteiger partial charge in [0.1, 0.15) is 196 Å². The quantitative estimate of drug-likeness (QED) is 0.0318. The molecule has 8 aliphatic heterocycles.